The Morgan fingerprint density at radius 2 is 1.83 bits per heavy atom. The Morgan fingerprint density at radius 1 is 1.09 bits per heavy atom. The maximum absolute atomic E-state index is 12.4. The third kappa shape index (κ3) is 3.89. The van der Waals surface area contributed by atoms with E-state index in [0.717, 1.165) is 38.8 Å². The molecule has 0 saturated carbocycles. The van der Waals surface area contributed by atoms with Gasteiger partial charge in [-0.1, -0.05) is 30.3 Å². The third-order valence-electron chi connectivity index (χ3n) is 4.63. The Balaban J connectivity index is 1.51. The monoisotopic (exact) mass is 310 g/mol. The number of rotatable bonds is 4. The predicted octanol–water partition coefficient (Wildman–Crippen LogP) is 2.86. The van der Waals surface area contributed by atoms with Crippen LogP contribution in [0.1, 0.15) is 35.2 Å². The van der Waals surface area contributed by atoms with E-state index in [1.165, 1.54) is 5.56 Å². The number of hydrogen-bond donors (Lipinski definition) is 1. The van der Waals surface area contributed by atoms with Crippen molar-refractivity contribution < 1.29 is 4.79 Å². The molecule has 4 heteroatoms. The Kier molecular flexibility index (Phi) is 4.91. The number of likely N-dealkylation sites (tertiary alicyclic amines) is 1. The molecule has 23 heavy (non-hydrogen) atoms. The van der Waals surface area contributed by atoms with Gasteiger partial charge in [-0.3, -0.25) is 9.59 Å². The third-order valence-corrected chi connectivity index (χ3v) is 4.63. The molecular formula is C19H22N2O2. The van der Waals surface area contributed by atoms with Crippen LogP contribution in [-0.4, -0.2) is 28.9 Å². The molecule has 2 heterocycles. The summed E-state index contributed by atoms with van der Waals surface area (Å²) in [5.74, 6) is 0.515. The summed E-state index contributed by atoms with van der Waals surface area (Å²) >= 11 is 0. The van der Waals surface area contributed by atoms with Crippen LogP contribution in [0.25, 0.3) is 0 Å². The molecule has 1 aromatic heterocycles. The lowest BCUT2D eigenvalue weighted by Crippen LogP contribution is -2.40. The Hall–Kier alpha value is -2.36. The smallest absolute Gasteiger partial charge is 0.260 e. The van der Waals surface area contributed by atoms with Gasteiger partial charge in [-0.15, -0.1) is 0 Å². The number of piperidine rings is 1. The second kappa shape index (κ2) is 7.27. The molecule has 3 rings (SSSR count). The standard InChI is InChI=1S/C19H22N2O2/c22-18-17(7-4-12-20-18)19(23)21-13-10-16(11-14-21)9-8-15-5-2-1-3-6-15/h1-7,12,16H,8-11,13-14H2,(H,20,22). The number of aromatic nitrogens is 1. The van der Waals surface area contributed by atoms with Gasteiger partial charge in [-0.05, 0) is 49.3 Å². The maximum atomic E-state index is 12.4. The van der Waals surface area contributed by atoms with Gasteiger partial charge in [0, 0.05) is 19.3 Å². The van der Waals surface area contributed by atoms with E-state index in [9.17, 15) is 9.59 Å². The molecule has 0 atom stereocenters. The zero-order valence-electron chi connectivity index (χ0n) is 13.2. The summed E-state index contributed by atoms with van der Waals surface area (Å²) < 4.78 is 0. The SMILES string of the molecule is O=C(c1ccc[nH]c1=O)N1CCC(CCc2ccccc2)CC1. The number of H-pyrrole nitrogens is 1. The van der Waals surface area contributed by atoms with Crippen LogP contribution >= 0.6 is 0 Å². The van der Waals surface area contributed by atoms with E-state index in [0.29, 0.717) is 5.92 Å². The van der Waals surface area contributed by atoms with Gasteiger partial charge in [0.05, 0.1) is 0 Å². The first-order chi connectivity index (χ1) is 11.2. The van der Waals surface area contributed by atoms with E-state index in [4.69, 9.17) is 0 Å². The molecule has 1 amide bonds. The minimum Gasteiger partial charge on any atom is -0.338 e. The van der Waals surface area contributed by atoms with Crippen molar-refractivity contribution in [1.29, 1.82) is 0 Å². The predicted molar refractivity (Wildman–Crippen MR) is 90.5 cm³/mol. The number of carbonyl (C=O) groups excluding carboxylic acids is 1. The molecule has 0 unspecified atom stereocenters. The first kappa shape index (κ1) is 15.5. The number of aryl methyl sites for hydroxylation is 1. The van der Waals surface area contributed by atoms with E-state index in [2.05, 4.69) is 29.2 Å². The summed E-state index contributed by atoms with van der Waals surface area (Å²) in [6.45, 7) is 1.49. The van der Waals surface area contributed by atoms with Crippen molar-refractivity contribution in [2.45, 2.75) is 25.7 Å². The number of pyridine rings is 1. The molecule has 0 spiro atoms. The second-order valence-electron chi connectivity index (χ2n) is 6.17. The highest BCUT2D eigenvalue weighted by Crippen LogP contribution is 2.23. The number of amides is 1. The minimum absolute atomic E-state index is 0.145. The molecule has 1 aliphatic heterocycles. The van der Waals surface area contributed by atoms with Gasteiger partial charge >= 0.3 is 0 Å². The van der Waals surface area contributed by atoms with Gasteiger partial charge in [-0.2, -0.15) is 0 Å². The number of nitrogens with one attached hydrogen (secondary N) is 1. The van der Waals surface area contributed by atoms with E-state index in [1.807, 2.05) is 11.0 Å². The van der Waals surface area contributed by atoms with Crippen molar-refractivity contribution in [2.24, 2.45) is 5.92 Å². The van der Waals surface area contributed by atoms with Crippen molar-refractivity contribution in [3.8, 4) is 0 Å². The van der Waals surface area contributed by atoms with Gasteiger partial charge in [0.15, 0.2) is 0 Å². The largest absolute Gasteiger partial charge is 0.338 e. The molecule has 1 aliphatic rings. The van der Waals surface area contributed by atoms with Crippen LogP contribution in [0.5, 0.6) is 0 Å². The van der Waals surface area contributed by atoms with Crippen LogP contribution in [0.3, 0.4) is 0 Å². The van der Waals surface area contributed by atoms with Crippen LogP contribution in [0, 0.1) is 5.92 Å². The topological polar surface area (TPSA) is 53.2 Å². The van der Waals surface area contributed by atoms with Crippen molar-refractivity contribution in [3.63, 3.8) is 0 Å². The van der Waals surface area contributed by atoms with Crippen LogP contribution in [0.2, 0.25) is 0 Å². The Labute approximate surface area is 136 Å². The highest BCUT2D eigenvalue weighted by Gasteiger charge is 2.24. The fourth-order valence-electron chi connectivity index (χ4n) is 3.20. The Bertz CT molecular complexity index is 701. The molecule has 2 aromatic rings. The highest BCUT2D eigenvalue weighted by atomic mass is 16.2. The summed E-state index contributed by atoms with van der Waals surface area (Å²) in [6.07, 6.45) is 5.84. The number of benzene rings is 1. The summed E-state index contributed by atoms with van der Waals surface area (Å²) in [7, 11) is 0. The number of hydrogen-bond acceptors (Lipinski definition) is 2. The van der Waals surface area contributed by atoms with E-state index < -0.39 is 0 Å². The molecule has 120 valence electrons. The average Bonchev–Trinajstić information content (AvgIpc) is 2.61. The molecule has 1 N–H and O–H groups in total. The second-order valence-corrected chi connectivity index (χ2v) is 6.17. The number of nitrogens with zero attached hydrogens (tertiary/aromatic N) is 1. The van der Waals surface area contributed by atoms with Crippen LogP contribution in [0.4, 0.5) is 0 Å². The molecule has 4 nitrogen and oxygen atoms in total. The fraction of sp³-hybridized carbons (Fsp3) is 0.368. The van der Waals surface area contributed by atoms with E-state index in [1.54, 1.807) is 18.3 Å². The lowest BCUT2D eigenvalue weighted by Gasteiger charge is -2.32. The molecule has 1 saturated heterocycles. The zero-order chi connectivity index (χ0) is 16.1. The molecule has 0 radical (unpaired) electrons. The lowest BCUT2D eigenvalue weighted by atomic mass is 9.90. The van der Waals surface area contributed by atoms with E-state index in [-0.39, 0.29) is 17.0 Å². The summed E-state index contributed by atoms with van der Waals surface area (Å²) in [5.41, 5.74) is 1.32. The zero-order valence-corrected chi connectivity index (χ0v) is 13.2. The number of aromatic amines is 1. The minimum atomic E-state index is -0.302. The summed E-state index contributed by atoms with van der Waals surface area (Å²) in [6, 6.07) is 13.8. The highest BCUT2D eigenvalue weighted by molar-refractivity contribution is 5.93. The van der Waals surface area contributed by atoms with Crippen molar-refractivity contribution >= 4 is 5.91 Å². The molecule has 1 fully saturated rings. The molecular weight excluding hydrogens is 288 g/mol. The van der Waals surface area contributed by atoms with Gasteiger partial charge in [-0.25, -0.2) is 0 Å². The summed E-state index contributed by atoms with van der Waals surface area (Å²) in [5, 5.41) is 0. The summed E-state index contributed by atoms with van der Waals surface area (Å²) in [4.78, 5) is 28.5. The van der Waals surface area contributed by atoms with Crippen molar-refractivity contribution in [3.05, 3.63) is 70.1 Å². The van der Waals surface area contributed by atoms with Crippen LogP contribution in [0.15, 0.2) is 53.5 Å². The van der Waals surface area contributed by atoms with Gasteiger partial charge in [0.1, 0.15) is 5.56 Å². The van der Waals surface area contributed by atoms with Crippen molar-refractivity contribution in [2.75, 3.05) is 13.1 Å². The van der Waals surface area contributed by atoms with Crippen LogP contribution in [-0.2, 0) is 6.42 Å². The van der Waals surface area contributed by atoms with Gasteiger partial charge in [0.2, 0.25) is 0 Å². The normalized spacial score (nSPS) is 15.6. The van der Waals surface area contributed by atoms with Gasteiger partial charge < -0.3 is 9.88 Å². The quantitative estimate of drug-likeness (QED) is 0.944. The molecule has 0 aliphatic carbocycles. The number of carbonyl (C=O) groups is 1. The molecule has 0 bridgehead atoms. The first-order valence-electron chi connectivity index (χ1n) is 8.25. The maximum Gasteiger partial charge on any atom is 0.260 e. The first-order valence-corrected chi connectivity index (χ1v) is 8.25. The lowest BCUT2D eigenvalue weighted by molar-refractivity contribution is 0.0685. The fourth-order valence-corrected chi connectivity index (χ4v) is 3.20. The Morgan fingerprint density at radius 3 is 2.52 bits per heavy atom. The van der Waals surface area contributed by atoms with E-state index >= 15 is 0 Å². The van der Waals surface area contributed by atoms with Gasteiger partial charge in [0.25, 0.3) is 11.5 Å². The van der Waals surface area contributed by atoms with Crippen LogP contribution < -0.4 is 5.56 Å². The molecule has 1 aromatic carbocycles. The van der Waals surface area contributed by atoms with Crippen molar-refractivity contribution in [1.82, 2.24) is 9.88 Å². The average molecular weight is 310 g/mol.